The van der Waals surface area contributed by atoms with Crippen LogP contribution >= 0.6 is 0 Å². The Morgan fingerprint density at radius 1 is 1.29 bits per heavy atom. The van der Waals surface area contributed by atoms with E-state index in [0.717, 1.165) is 0 Å². The van der Waals surface area contributed by atoms with Gasteiger partial charge in [0.2, 0.25) is 0 Å². The quantitative estimate of drug-likeness (QED) is 0.392. The molecule has 0 saturated heterocycles. The molecule has 1 aromatic rings. The van der Waals surface area contributed by atoms with Gasteiger partial charge in [-0.05, 0) is 12.1 Å². The molecule has 8 nitrogen and oxygen atoms in total. The van der Waals surface area contributed by atoms with Crippen LogP contribution in [0.2, 0.25) is 0 Å². The van der Waals surface area contributed by atoms with E-state index in [1.54, 1.807) is 7.11 Å². The Hall–Kier alpha value is -2.19. The summed E-state index contributed by atoms with van der Waals surface area (Å²) in [6.07, 6.45) is 0. The molecule has 0 aliphatic heterocycles. The zero-order valence-electron chi connectivity index (χ0n) is 12.0. The van der Waals surface area contributed by atoms with Gasteiger partial charge in [0.05, 0.1) is 18.6 Å². The van der Waals surface area contributed by atoms with Gasteiger partial charge in [0.1, 0.15) is 11.3 Å². The molecule has 0 radical (unpaired) electrons. The Balaban J connectivity index is 2.61. The van der Waals surface area contributed by atoms with Crippen LogP contribution in [0.5, 0.6) is 5.75 Å². The molecule has 8 heteroatoms. The van der Waals surface area contributed by atoms with Crippen molar-refractivity contribution in [2.45, 2.75) is 0 Å². The smallest absolute Gasteiger partial charge is 0.282 e. The van der Waals surface area contributed by atoms with Crippen LogP contribution in [-0.4, -0.2) is 51.3 Å². The second kappa shape index (κ2) is 8.88. The molecule has 116 valence electrons. The van der Waals surface area contributed by atoms with E-state index in [4.69, 9.17) is 9.47 Å². The first kappa shape index (κ1) is 16.9. The van der Waals surface area contributed by atoms with E-state index >= 15 is 0 Å². The fourth-order valence-electron chi connectivity index (χ4n) is 1.64. The Kier molecular flexibility index (Phi) is 7.13. The molecule has 0 fully saturated rings. The average Bonchev–Trinajstić information content (AvgIpc) is 2.49. The number of hydrogen-bond donors (Lipinski definition) is 2. The maximum absolute atomic E-state index is 12.0. The van der Waals surface area contributed by atoms with Crippen LogP contribution in [0, 0.1) is 10.1 Å². The van der Waals surface area contributed by atoms with Gasteiger partial charge in [0, 0.05) is 32.8 Å². The summed E-state index contributed by atoms with van der Waals surface area (Å²) in [4.78, 5) is 22.3. The zero-order chi connectivity index (χ0) is 15.7. The summed E-state index contributed by atoms with van der Waals surface area (Å²) in [5.41, 5.74) is -0.267. The normalized spacial score (nSPS) is 10.2. The number of amides is 1. The van der Waals surface area contributed by atoms with Crippen LogP contribution < -0.4 is 15.4 Å². The predicted octanol–water partition coefficient (Wildman–Crippen LogP) is 0.569. The molecule has 0 aliphatic rings. The molecule has 0 unspecified atom stereocenters. The van der Waals surface area contributed by atoms with Crippen LogP contribution in [0.25, 0.3) is 0 Å². The number of benzene rings is 1. The second-order valence-electron chi connectivity index (χ2n) is 4.14. The van der Waals surface area contributed by atoms with Gasteiger partial charge in [0.15, 0.2) is 0 Å². The topological polar surface area (TPSA) is 103 Å². The van der Waals surface area contributed by atoms with Crippen LogP contribution in [0.1, 0.15) is 10.4 Å². The summed E-state index contributed by atoms with van der Waals surface area (Å²) < 4.78 is 9.85. The van der Waals surface area contributed by atoms with Crippen molar-refractivity contribution in [3.05, 3.63) is 33.9 Å². The van der Waals surface area contributed by atoms with E-state index in [0.29, 0.717) is 32.0 Å². The number of ether oxygens (including phenoxy) is 2. The second-order valence-corrected chi connectivity index (χ2v) is 4.14. The first-order valence-electron chi connectivity index (χ1n) is 6.40. The van der Waals surface area contributed by atoms with E-state index in [1.165, 1.54) is 25.3 Å². The van der Waals surface area contributed by atoms with Crippen molar-refractivity contribution in [1.82, 2.24) is 10.6 Å². The van der Waals surface area contributed by atoms with Crippen molar-refractivity contribution in [3.63, 3.8) is 0 Å². The molecule has 1 aromatic carbocycles. The highest BCUT2D eigenvalue weighted by atomic mass is 16.6. The van der Waals surface area contributed by atoms with Crippen molar-refractivity contribution in [2.75, 3.05) is 40.5 Å². The lowest BCUT2D eigenvalue weighted by Gasteiger charge is -2.08. The third kappa shape index (κ3) is 5.36. The molecule has 0 spiro atoms. The van der Waals surface area contributed by atoms with Gasteiger partial charge < -0.3 is 20.1 Å². The highest BCUT2D eigenvalue weighted by molar-refractivity contribution is 5.98. The Morgan fingerprint density at radius 3 is 2.67 bits per heavy atom. The number of hydrogen-bond acceptors (Lipinski definition) is 6. The molecular formula is C13H19N3O5. The standard InChI is InChI=1S/C13H19N3O5/c1-20-8-7-14-5-6-15-13(17)11-9-10(21-2)3-4-12(11)16(18)19/h3-4,9,14H,5-8H2,1-2H3,(H,15,17). The SMILES string of the molecule is COCCNCCNC(=O)c1cc(OC)ccc1[N+](=O)[O-]. The minimum atomic E-state index is -0.592. The number of nitro groups is 1. The number of carbonyl (C=O) groups excluding carboxylic acids is 1. The van der Waals surface area contributed by atoms with Gasteiger partial charge in [-0.15, -0.1) is 0 Å². The summed E-state index contributed by atoms with van der Waals surface area (Å²) in [7, 11) is 3.04. The van der Waals surface area contributed by atoms with Crippen molar-refractivity contribution in [2.24, 2.45) is 0 Å². The maximum atomic E-state index is 12.0. The van der Waals surface area contributed by atoms with Gasteiger partial charge in [0.25, 0.3) is 11.6 Å². The van der Waals surface area contributed by atoms with Crippen LogP contribution in [0.4, 0.5) is 5.69 Å². The van der Waals surface area contributed by atoms with Gasteiger partial charge >= 0.3 is 0 Å². The molecule has 0 aliphatic carbocycles. The summed E-state index contributed by atoms with van der Waals surface area (Å²) in [6, 6.07) is 4.05. The fraction of sp³-hybridized carbons (Fsp3) is 0.462. The molecule has 0 saturated carbocycles. The first-order valence-corrected chi connectivity index (χ1v) is 6.40. The Morgan fingerprint density at radius 2 is 2.05 bits per heavy atom. The monoisotopic (exact) mass is 297 g/mol. The lowest BCUT2D eigenvalue weighted by molar-refractivity contribution is -0.385. The number of rotatable bonds is 9. The van der Waals surface area contributed by atoms with E-state index in [9.17, 15) is 14.9 Å². The third-order valence-corrected chi connectivity index (χ3v) is 2.72. The lowest BCUT2D eigenvalue weighted by Crippen LogP contribution is -2.33. The Labute approximate surface area is 122 Å². The molecule has 1 amide bonds. The summed E-state index contributed by atoms with van der Waals surface area (Å²) in [5, 5.41) is 16.6. The molecular weight excluding hydrogens is 278 g/mol. The largest absolute Gasteiger partial charge is 0.497 e. The maximum Gasteiger partial charge on any atom is 0.282 e. The average molecular weight is 297 g/mol. The number of carbonyl (C=O) groups is 1. The van der Waals surface area contributed by atoms with Gasteiger partial charge in [-0.25, -0.2) is 0 Å². The molecule has 0 atom stereocenters. The predicted molar refractivity (Wildman–Crippen MR) is 76.7 cm³/mol. The van der Waals surface area contributed by atoms with E-state index in [1.807, 2.05) is 0 Å². The number of nitrogens with one attached hydrogen (secondary N) is 2. The van der Waals surface area contributed by atoms with Crippen molar-refractivity contribution < 1.29 is 19.2 Å². The van der Waals surface area contributed by atoms with E-state index in [2.05, 4.69) is 10.6 Å². The van der Waals surface area contributed by atoms with E-state index < -0.39 is 10.8 Å². The first-order chi connectivity index (χ1) is 10.1. The van der Waals surface area contributed by atoms with Crippen LogP contribution in [-0.2, 0) is 4.74 Å². The number of nitrogens with zero attached hydrogens (tertiary/aromatic N) is 1. The number of methoxy groups -OCH3 is 2. The molecule has 21 heavy (non-hydrogen) atoms. The number of nitro benzene ring substituents is 1. The van der Waals surface area contributed by atoms with E-state index in [-0.39, 0.29) is 11.3 Å². The molecule has 0 aromatic heterocycles. The molecule has 1 rings (SSSR count). The van der Waals surface area contributed by atoms with Crippen LogP contribution in [0.3, 0.4) is 0 Å². The zero-order valence-corrected chi connectivity index (χ0v) is 12.0. The van der Waals surface area contributed by atoms with Crippen molar-refractivity contribution in [1.29, 1.82) is 0 Å². The molecule has 2 N–H and O–H groups in total. The molecule has 0 heterocycles. The minimum Gasteiger partial charge on any atom is -0.497 e. The van der Waals surface area contributed by atoms with Gasteiger partial charge in [-0.3, -0.25) is 14.9 Å². The Bertz CT molecular complexity index is 493. The molecule has 0 bridgehead atoms. The van der Waals surface area contributed by atoms with Gasteiger partial charge in [-0.2, -0.15) is 0 Å². The summed E-state index contributed by atoms with van der Waals surface area (Å²) in [5.74, 6) is -0.113. The van der Waals surface area contributed by atoms with Crippen molar-refractivity contribution >= 4 is 11.6 Å². The third-order valence-electron chi connectivity index (χ3n) is 2.72. The lowest BCUT2D eigenvalue weighted by atomic mass is 10.1. The highest BCUT2D eigenvalue weighted by Crippen LogP contribution is 2.23. The minimum absolute atomic E-state index is 0.0174. The highest BCUT2D eigenvalue weighted by Gasteiger charge is 2.20. The van der Waals surface area contributed by atoms with Crippen LogP contribution in [0.15, 0.2) is 18.2 Å². The fourth-order valence-corrected chi connectivity index (χ4v) is 1.64. The van der Waals surface area contributed by atoms with Gasteiger partial charge in [-0.1, -0.05) is 0 Å². The van der Waals surface area contributed by atoms with Crippen molar-refractivity contribution in [3.8, 4) is 5.75 Å². The summed E-state index contributed by atoms with van der Waals surface area (Å²) >= 11 is 0. The summed E-state index contributed by atoms with van der Waals surface area (Å²) in [6.45, 7) is 2.16.